The molecule has 0 spiro atoms. The van der Waals surface area contributed by atoms with Crippen molar-refractivity contribution in [2.45, 2.75) is 58.5 Å². The van der Waals surface area contributed by atoms with E-state index in [1.165, 1.54) is 12.8 Å². The van der Waals surface area contributed by atoms with E-state index in [1.54, 1.807) is 7.11 Å². The fourth-order valence-corrected chi connectivity index (χ4v) is 3.59. The number of likely N-dealkylation sites (N-methyl/N-ethyl adjacent to an activating group) is 1. The van der Waals surface area contributed by atoms with Crippen molar-refractivity contribution in [2.75, 3.05) is 25.6 Å². The fraction of sp³-hybridized carbons (Fsp3) is 0.632. The molecule has 1 aromatic rings. The molecule has 5 nitrogen and oxygen atoms in total. The maximum absolute atomic E-state index is 12.2. The van der Waals surface area contributed by atoms with Crippen LogP contribution in [-0.4, -0.2) is 43.3 Å². The van der Waals surface area contributed by atoms with E-state index in [-0.39, 0.29) is 0 Å². The summed E-state index contributed by atoms with van der Waals surface area (Å²) in [5.74, 6) is 0.636. The zero-order chi connectivity index (χ0) is 17.5. The molecule has 1 aliphatic rings. The average molecular weight is 334 g/mol. The molecular formula is C19H30N2O3. The van der Waals surface area contributed by atoms with Gasteiger partial charge < -0.3 is 9.47 Å². The summed E-state index contributed by atoms with van der Waals surface area (Å²) in [6, 6.07) is 6.60. The number of nitrogens with one attached hydrogen (secondary N) is 1. The highest BCUT2D eigenvalue weighted by atomic mass is 16.5. The van der Waals surface area contributed by atoms with Crippen LogP contribution in [0.3, 0.4) is 0 Å². The van der Waals surface area contributed by atoms with E-state index >= 15 is 0 Å². The van der Waals surface area contributed by atoms with E-state index in [2.05, 4.69) is 24.1 Å². The number of aryl methyl sites for hydroxylation is 1. The molecule has 1 N–H and O–H groups in total. The van der Waals surface area contributed by atoms with Gasteiger partial charge in [0.25, 0.3) is 0 Å². The number of piperidine rings is 1. The molecule has 1 fully saturated rings. The Bertz CT molecular complexity index is 547. The molecule has 0 aliphatic carbocycles. The predicted molar refractivity (Wildman–Crippen MR) is 96.8 cm³/mol. The monoisotopic (exact) mass is 334 g/mol. The van der Waals surface area contributed by atoms with Gasteiger partial charge in [-0.25, -0.2) is 4.79 Å². The molecule has 0 aromatic heterocycles. The number of anilines is 1. The minimum Gasteiger partial charge on any atom is -0.495 e. The van der Waals surface area contributed by atoms with Crippen LogP contribution in [0.25, 0.3) is 0 Å². The van der Waals surface area contributed by atoms with Crippen LogP contribution < -0.4 is 10.1 Å². The van der Waals surface area contributed by atoms with E-state index < -0.39 is 6.09 Å². The molecule has 2 unspecified atom stereocenters. The smallest absolute Gasteiger partial charge is 0.411 e. The fourth-order valence-electron chi connectivity index (χ4n) is 3.59. The predicted octanol–water partition coefficient (Wildman–Crippen LogP) is 4.21. The van der Waals surface area contributed by atoms with Crippen LogP contribution in [0.1, 0.15) is 45.1 Å². The molecule has 1 saturated heterocycles. The summed E-state index contributed by atoms with van der Waals surface area (Å²) in [7, 11) is 1.59. The van der Waals surface area contributed by atoms with E-state index in [0.717, 1.165) is 24.9 Å². The van der Waals surface area contributed by atoms with Crippen molar-refractivity contribution in [3.05, 3.63) is 23.8 Å². The number of amides is 1. The highest BCUT2D eigenvalue weighted by molar-refractivity contribution is 5.86. The number of methoxy groups -OCH3 is 1. The molecule has 24 heavy (non-hydrogen) atoms. The first-order valence-electron chi connectivity index (χ1n) is 8.93. The number of likely N-dealkylation sites (tertiary alicyclic amines) is 1. The highest BCUT2D eigenvalue weighted by Crippen LogP contribution is 2.26. The van der Waals surface area contributed by atoms with Crippen molar-refractivity contribution >= 4 is 11.8 Å². The Morgan fingerprint density at radius 2 is 2.04 bits per heavy atom. The molecule has 1 aliphatic heterocycles. The Balaban J connectivity index is 1.92. The summed E-state index contributed by atoms with van der Waals surface area (Å²) in [4.78, 5) is 14.6. The maximum Gasteiger partial charge on any atom is 0.411 e. The summed E-state index contributed by atoms with van der Waals surface area (Å²) in [5.41, 5.74) is 1.70. The van der Waals surface area contributed by atoms with Gasteiger partial charge in [-0.15, -0.1) is 0 Å². The topological polar surface area (TPSA) is 50.8 Å². The van der Waals surface area contributed by atoms with Crippen LogP contribution in [-0.2, 0) is 4.74 Å². The third-order valence-corrected chi connectivity index (χ3v) is 4.85. The lowest BCUT2D eigenvalue weighted by Crippen LogP contribution is -2.48. The van der Waals surface area contributed by atoms with E-state index in [1.807, 2.05) is 25.1 Å². The average Bonchev–Trinajstić information content (AvgIpc) is 2.59. The van der Waals surface area contributed by atoms with Gasteiger partial charge in [0.2, 0.25) is 0 Å². The van der Waals surface area contributed by atoms with Crippen LogP contribution in [0.5, 0.6) is 5.75 Å². The molecule has 1 heterocycles. The van der Waals surface area contributed by atoms with E-state index in [9.17, 15) is 4.79 Å². The van der Waals surface area contributed by atoms with E-state index in [0.29, 0.717) is 30.1 Å². The van der Waals surface area contributed by atoms with Crippen molar-refractivity contribution in [1.82, 2.24) is 4.90 Å². The van der Waals surface area contributed by atoms with Gasteiger partial charge in [0.15, 0.2) is 0 Å². The van der Waals surface area contributed by atoms with Crippen LogP contribution in [0.4, 0.5) is 10.5 Å². The maximum atomic E-state index is 12.2. The number of rotatable bonds is 6. The second-order valence-electron chi connectivity index (χ2n) is 6.40. The number of hydrogen-bond donors (Lipinski definition) is 1. The van der Waals surface area contributed by atoms with Gasteiger partial charge in [-0.05, 0) is 50.4 Å². The first kappa shape index (κ1) is 18.6. The number of carbonyl (C=O) groups excluding carboxylic acids is 1. The molecule has 0 radical (unpaired) electrons. The Morgan fingerprint density at radius 1 is 1.29 bits per heavy atom. The lowest BCUT2D eigenvalue weighted by atomic mass is 9.94. The molecule has 2 rings (SSSR count). The number of ether oxygens (including phenoxy) is 2. The molecule has 1 aromatic carbocycles. The SMILES string of the molecule is CCC1CCCC(COC(=O)Nc2cc(C)ccc2OC)N1CC. The van der Waals surface area contributed by atoms with Gasteiger partial charge in [0, 0.05) is 12.1 Å². The number of hydrogen-bond acceptors (Lipinski definition) is 4. The second-order valence-corrected chi connectivity index (χ2v) is 6.40. The van der Waals surface area contributed by atoms with Crippen molar-refractivity contribution < 1.29 is 14.3 Å². The van der Waals surface area contributed by atoms with Gasteiger partial charge >= 0.3 is 6.09 Å². The van der Waals surface area contributed by atoms with E-state index in [4.69, 9.17) is 9.47 Å². The minimum absolute atomic E-state index is 0.318. The molecule has 134 valence electrons. The van der Waals surface area contributed by atoms with Crippen molar-refractivity contribution in [2.24, 2.45) is 0 Å². The van der Waals surface area contributed by atoms with Gasteiger partial charge in [-0.1, -0.05) is 26.3 Å². The molecule has 0 bridgehead atoms. The lowest BCUT2D eigenvalue weighted by Gasteiger charge is -2.41. The first-order chi connectivity index (χ1) is 11.6. The Morgan fingerprint density at radius 3 is 2.71 bits per heavy atom. The summed E-state index contributed by atoms with van der Waals surface area (Å²) in [6.07, 6.45) is 4.26. The summed E-state index contributed by atoms with van der Waals surface area (Å²) < 4.78 is 10.8. The highest BCUT2D eigenvalue weighted by Gasteiger charge is 2.29. The Kier molecular flexibility index (Phi) is 6.91. The minimum atomic E-state index is -0.423. The second kappa shape index (κ2) is 8.92. The van der Waals surface area contributed by atoms with Gasteiger partial charge in [-0.3, -0.25) is 10.2 Å². The molecule has 1 amide bonds. The summed E-state index contributed by atoms with van der Waals surface area (Å²) in [6.45, 7) is 7.82. The number of benzene rings is 1. The van der Waals surface area contributed by atoms with Gasteiger partial charge in [-0.2, -0.15) is 0 Å². The quantitative estimate of drug-likeness (QED) is 0.847. The van der Waals surface area contributed by atoms with Gasteiger partial charge in [0.1, 0.15) is 12.4 Å². The van der Waals surface area contributed by atoms with Crippen molar-refractivity contribution in [1.29, 1.82) is 0 Å². The zero-order valence-corrected chi connectivity index (χ0v) is 15.3. The molecule has 0 saturated carbocycles. The lowest BCUT2D eigenvalue weighted by molar-refractivity contribution is 0.0398. The first-order valence-corrected chi connectivity index (χ1v) is 8.93. The Hall–Kier alpha value is -1.75. The summed E-state index contributed by atoms with van der Waals surface area (Å²) in [5, 5.41) is 2.80. The molecular weight excluding hydrogens is 304 g/mol. The van der Waals surface area contributed by atoms with Crippen LogP contribution in [0.2, 0.25) is 0 Å². The standard InChI is InChI=1S/C19H30N2O3/c1-5-15-8-7-9-16(21(15)6-2)13-24-19(22)20-17-12-14(3)10-11-18(17)23-4/h10-12,15-16H,5-9,13H2,1-4H3,(H,20,22). The van der Waals surface area contributed by atoms with Crippen LogP contribution in [0.15, 0.2) is 18.2 Å². The molecule has 2 atom stereocenters. The summed E-state index contributed by atoms with van der Waals surface area (Å²) >= 11 is 0. The van der Waals surface area contributed by atoms with Crippen molar-refractivity contribution in [3.8, 4) is 5.75 Å². The number of nitrogens with zero attached hydrogens (tertiary/aromatic N) is 1. The zero-order valence-electron chi connectivity index (χ0n) is 15.3. The third kappa shape index (κ3) is 4.63. The van der Waals surface area contributed by atoms with Crippen LogP contribution in [0, 0.1) is 6.92 Å². The van der Waals surface area contributed by atoms with Gasteiger partial charge in [0.05, 0.1) is 12.8 Å². The van der Waals surface area contributed by atoms with Crippen LogP contribution >= 0.6 is 0 Å². The van der Waals surface area contributed by atoms with Crippen molar-refractivity contribution in [3.63, 3.8) is 0 Å². The third-order valence-electron chi connectivity index (χ3n) is 4.85. The molecule has 5 heteroatoms. The normalized spacial score (nSPS) is 21.3. The number of carbonyl (C=O) groups is 1. The Labute approximate surface area is 145 Å². The largest absolute Gasteiger partial charge is 0.495 e.